The van der Waals surface area contributed by atoms with E-state index in [1.807, 2.05) is 0 Å². The van der Waals surface area contributed by atoms with Crippen molar-refractivity contribution >= 4 is 5.91 Å². The minimum absolute atomic E-state index is 0.0887. The van der Waals surface area contributed by atoms with Crippen molar-refractivity contribution in [3.05, 3.63) is 0 Å². The van der Waals surface area contributed by atoms with Gasteiger partial charge in [0.2, 0.25) is 5.91 Å². The van der Waals surface area contributed by atoms with E-state index in [2.05, 4.69) is 11.4 Å². The quantitative estimate of drug-likeness (QED) is 0.715. The van der Waals surface area contributed by atoms with E-state index < -0.39 is 0 Å². The molecule has 0 radical (unpaired) electrons. The Balaban J connectivity index is 1.64. The van der Waals surface area contributed by atoms with E-state index in [9.17, 15) is 4.79 Å². The predicted molar refractivity (Wildman–Crippen MR) is 71.0 cm³/mol. The third kappa shape index (κ3) is 2.35. The topological polar surface area (TPSA) is 82.2 Å². The summed E-state index contributed by atoms with van der Waals surface area (Å²) in [6.45, 7) is 0.740. The van der Waals surface area contributed by atoms with Crippen LogP contribution in [0.25, 0.3) is 0 Å². The number of hydrogen-bond donors (Lipinski definition) is 2. The average molecular weight is 262 g/mol. The van der Waals surface area contributed by atoms with Crippen LogP contribution in [0.15, 0.2) is 0 Å². The number of rotatable bonds is 1. The van der Waals surface area contributed by atoms with Crippen LogP contribution in [0.4, 0.5) is 0 Å². The number of nitrogens with two attached hydrogens (primary N) is 1. The number of amides is 1. The number of nitriles is 1. The zero-order valence-electron chi connectivity index (χ0n) is 11.2. The van der Waals surface area contributed by atoms with Gasteiger partial charge in [-0.15, -0.1) is 0 Å². The van der Waals surface area contributed by atoms with Gasteiger partial charge in [-0.05, 0) is 44.4 Å². The van der Waals surface area contributed by atoms with Crippen LogP contribution in [0.1, 0.15) is 38.5 Å². The first-order valence-corrected chi connectivity index (χ1v) is 7.40. The van der Waals surface area contributed by atoms with Crippen molar-refractivity contribution in [2.75, 3.05) is 6.54 Å². The average Bonchev–Trinajstić information content (AvgIpc) is 3.03. The highest BCUT2D eigenvalue weighted by molar-refractivity contribution is 5.83. The summed E-state index contributed by atoms with van der Waals surface area (Å²) in [7, 11) is 0. The summed E-state index contributed by atoms with van der Waals surface area (Å²) in [5, 5.41) is 12.6. The molecule has 0 spiro atoms. The van der Waals surface area contributed by atoms with Crippen LogP contribution in [0.2, 0.25) is 0 Å². The third-order valence-corrected chi connectivity index (χ3v) is 4.97. The van der Waals surface area contributed by atoms with Gasteiger partial charge in [0.15, 0.2) is 0 Å². The van der Waals surface area contributed by atoms with Crippen LogP contribution in [-0.4, -0.2) is 41.5 Å². The maximum atomic E-state index is 12.5. The summed E-state index contributed by atoms with van der Waals surface area (Å²) in [5.41, 5.74) is 6.00. The van der Waals surface area contributed by atoms with Gasteiger partial charge in [0.25, 0.3) is 0 Å². The number of fused-ring (bicyclic) bond motifs is 1. The molecule has 0 bridgehead atoms. The first-order valence-electron chi connectivity index (χ1n) is 7.40. The van der Waals surface area contributed by atoms with Gasteiger partial charge in [-0.3, -0.25) is 4.79 Å². The molecule has 2 saturated heterocycles. The van der Waals surface area contributed by atoms with Crippen LogP contribution in [0.5, 0.6) is 0 Å². The predicted octanol–water partition coefficient (Wildman–Crippen LogP) is 0.359. The van der Waals surface area contributed by atoms with E-state index in [1.165, 1.54) is 0 Å². The van der Waals surface area contributed by atoms with E-state index >= 15 is 0 Å². The minimum atomic E-state index is -0.209. The molecule has 3 N–H and O–H groups in total. The molecule has 2 heterocycles. The first kappa shape index (κ1) is 12.9. The molecule has 2 aliphatic heterocycles. The van der Waals surface area contributed by atoms with E-state index in [0.29, 0.717) is 12.0 Å². The number of likely N-dealkylation sites (tertiary alicyclic amines) is 1. The summed E-state index contributed by atoms with van der Waals surface area (Å²) in [4.78, 5) is 14.3. The molecule has 19 heavy (non-hydrogen) atoms. The summed E-state index contributed by atoms with van der Waals surface area (Å²) >= 11 is 0. The third-order valence-electron chi connectivity index (χ3n) is 4.97. The molecule has 3 rings (SSSR count). The lowest BCUT2D eigenvalue weighted by atomic mass is 9.82. The lowest BCUT2D eigenvalue weighted by Crippen LogP contribution is -2.48. The Bertz CT molecular complexity index is 405. The Labute approximate surface area is 114 Å². The van der Waals surface area contributed by atoms with Gasteiger partial charge in [0.05, 0.1) is 12.1 Å². The SMILES string of the molecule is N#C[C@@H]1CCCN1C(=O)[C@@H]1C[C@@H]2CC[C@@H](N)C[C@@H]2N1. The van der Waals surface area contributed by atoms with Crippen molar-refractivity contribution in [1.82, 2.24) is 10.2 Å². The molecular formula is C14H22N4O. The van der Waals surface area contributed by atoms with Crippen molar-refractivity contribution in [1.29, 1.82) is 5.26 Å². The lowest BCUT2D eigenvalue weighted by Gasteiger charge is -2.29. The highest BCUT2D eigenvalue weighted by Gasteiger charge is 2.43. The van der Waals surface area contributed by atoms with Gasteiger partial charge in [-0.2, -0.15) is 5.26 Å². The second-order valence-corrected chi connectivity index (χ2v) is 6.21. The highest BCUT2D eigenvalue weighted by Crippen LogP contribution is 2.34. The Hall–Kier alpha value is -1.12. The normalized spacial score (nSPS) is 41.9. The first-order chi connectivity index (χ1) is 9.19. The molecule has 3 aliphatic rings. The van der Waals surface area contributed by atoms with Crippen LogP contribution < -0.4 is 11.1 Å². The van der Waals surface area contributed by atoms with E-state index in [4.69, 9.17) is 11.0 Å². The van der Waals surface area contributed by atoms with Crippen LogP contribution in [-0.2, 0) is 4.79 Å². The van der Waals surface area contributed by atoms with Gasteiger partial charge >= 0.3 is 0 Å². The van der Waals surface area contributed by atoms with Crippen molar-refractivity contribution in [2.45, 2.75) is 62.7 Å². The Morgan fingerprint density at radius 1 is 1.32 bits per heavy atom. The molecule has 5 atom stereocenters. The van der Waals surface area contributed by atoms with Gasteiger partial charge in [-0.1, -0.05) is 0 Å². The molecule has 0 aromatic carbocycles. The number of carbonyl (C=O) groups is 1. The molecule has 1 amide bonds. The molecule has 3 fully saturated rings. The molecule has 0 aromatic rings. The maximum Gasteiger partial charge on any atom is 0.240 e. The lowest BCUT2D eigenvalue weighted by molar-refractivity contribution is -0.133. The van der Waals surface area contributed by atoms with Crippen LogP contribution >= 0.6 is 0 Å². The number of hydrogen-bond acceptors (Lipinski definition) is 4. The molecule has 0 aromatic heterocycles. The van der Waals surface area contributed by atoms with E-state index in [1.54, 1.807) is 4.90 Å². The van der Waals surface area contributed by atoms with Crippen molar-refractivity contribution in [3.8, 4) is 6.07 Å². The van der Waals surface area contributed by atoms with Crippen LogP contribution in [0, 0.1) is 17.2 Å². The molecule has 0 unspecified atom stereocenters. The van der Waals surface area contributed by atoms with Crippen molar-refractivity contribution in [2.24, 2.45) is 11.7 Å². The van der Waals surface area contributed by atoms with Crippen molar-refractivity contribution < 1.29 is 4.79 Å². The zero-order valence-corrected chi connectivity index (χ0v) is 11.2. The van der Waals surface area contributed by atoms with Crippen molar-refractivity contribution in [3.63, 3.8) is 0 Å². The second kappa shape index (κ2) is 5.10. The number of carbonyl (C=O) groups excluding carboxylic acids is 1. The van der Waals surface area contributed by atoms with E-state index in [-0.39, 0.29) is 24.0 Å². The molecular weight excluding hydrogens is 240 g/mol. The molecule has 1 aliphatic carbocycles. The van der Waals surface area contributed by atoms with Crippen LogP contribution in [0.3, 0.4) is 0 Å². The zero-order chi connectivity index (χ0) is 13.4. The molecule has 1 saturated carbocycles. The molecule has 5 heteroatoms. The van der Waals surface area contributed by atoms with Gasteiger partial charge < -0.3 is 16.0 Å². The Morgan fingerprint density at radius 3 is 2.95 bits per heavy atom. The summed E-state index contributed by atoms with van der Waals surface area (Å²) in [6, 6.07) is 2.63. The fourth-order valence-corrected chi connectivity index (χ4v) is 3.92. The monoisotopic (exact) mass is 262 g/mol. The van der Waals surface area contributed by atoms with E-state index in [0.717, 1.165) is 45.1 Å². The number of nitrogens with zero attached hydrogens (tertiary/aromatic N) is 2. The van der Waals surface area contributed by atoms with Gasteiger partial charge in [0, 0.05) is 18.6 Å². The standard InChI is InChI=1S/C14H22N4O/c15-8-11-2-1-5-18(11)14(19)13-6-9-3-4-10(16)7-12(9)17-13/h9-13,17H,1-7,16H2/t9-,10+,11-,12-,13-/m0/s1. The molecule has 5 nitrogen and oxygen atoms in total. The molecule has 104 valence electrons. The Morgan fingerprint density at radius 2 is 2.16 bits per heavy atom. The summed E-state index contributed by atoms with van der Waals surface area (Å²) < 4.78 is 0. The maximum absolute atomic E-state index is 12.5. The fraction of sp³-hybridized carbons (Fsp3) is 0.857. The Kier molecular flexibility index (Phi) is 3.46. The van der Waals surface area contributed by atoms with Gasteiger partial charge in [-0.25, -0.2) is 0 Å². The minimum Gasteiger partial charge on any atom is -0.328 e. The smallest absolute Gasteiger partial charge is 0.240 e. The van der Waals surface area contributed by atoms with Gasteiger partial charge in [0.1, 0.15) is 6.04 Å². The largest absolute Gasteiger partial charge is 0.328 e. The summed E-state index contributed by atoms with van der Waals surface area (Å²) in [6.07, 6.45) is 5.89. The second-order valence-electron chi connectivity index (χ2n) is 6.21. The highest BCUT2D eigenvalue weighted by atomic mass is 16.2. The summed E-state index contributed by atoms with van der Waals surface area (Å²) in [5.74, 6) is 0.726. The number of nitrogens with one attached hydrogen (secondary N) is 1. The fourth-order valence-electron chi connectivity index (χ4n) is 3.92.